The van der Waals surface area contributed by atoms with Crippen molar-refractivity contribution in [1.82, 2.24) is 9.62 Å². The molecule has 1 aliphatic rings. The van der Waals surface area contributed by atoms with Crippen LogP contribution in [0.25, 0.3) is 0 Å². The van der Waals surface area contributed by atoms with Gasteiger partial charge in [-0.3, -0.25) is 4.90 Å². The van der Waals surface area contributed by atoms with E-state index in [9.17, 15) is 8.42 Å². The normalized spacial score (nSPS) is 24.1. The molecule has 112 valence electrons. The van der Waals surface area contributed by atoms with Crippen LogP contribution in [0.3, 0.4) is 0 Å². The maximum atomic E-state index is 11.1. The zero-order valence-electron chi connectivity index (χ0n) is 12.5. The number of nitrogens with one attached hydrogen (secondary N) is 1. The molecule has 1 fully saturated rings. The summed E-state index contributed by atoms with van der Waals surface area (Å²) in [4.78, 5) is 2.37. The molecule has 0 amide bonds. The summed E-state index contributed by atoms with van der Waals surface area (Å²) in [6, 6.07) is 9.05. The Bertz CT molecular complexity index is 557. The standard InChI is InChI=1S/C15H24N2O2S/c1-12-6-4-5-7-15(12)14-10-13(2)17(11-14)9-8-16-20(3,18)19/h4-7,13-14,16H,8-11H2,1-3H3. The predicted octanol–water partition coefficient (Wildman–Crippen LogP) is 1.72. The van der Waals surface area contributed by atoms with Crippen molar-refractivity contribution in [2.45, 2.75) is 32.2 Å². The number of hydrogen-bond acceptors (Lipinski definition) is 3. The molecule has 2 rings (SSSR count). The van der Waals surface area contributed by atoms with Crippen molar-refractivity contribution in [3.05, 3.63) is 35.4 Å². The molecule has 1 saturated heterocycles. The molecule has 20 heavy (non-hydrogen) atoms. The van der Waals surface area contributed by atoms with Crippen molar-refractivity contribution in [1.29, 1.82) is 0 Å². The SMILES string of the molecule is Cc1ccccc1C1CC(C)N(CCNS(C)(=O)=O)C1. The van der Waals surface area contributed by atoms with E-state index >= 15 is 0 Å². The highest BCUT2D eigenvalue weighted by Crippen LogP contribution is 2.32. The Kier molecular flexibility index (Phi) is 4.83. The average molecular weight is 296 g/mol. The quantitative estimate of drug-likeness (QED) is 0.900. The molecule has 1 N–H and O–H groups in total. The lowest BCUT2D eigenvalue weighted by molar-refractivity contribution is 0.272. The fourth-order valence-electron chi connectivity index (χ4n) is 3.05. The van der Waals surface area contributed by atoms with Gasteiger partial charge in [-0.25, -0.2) is 13.1 Å². The second-order valence-corrected chi connectivity index (χ2v) is 7.63. The van der Waals surface area contributed by atoms with Crippen LogP contribution in [0.2, 0.25) is 0 Å². The van der Waals surface area contributed by atoms with Crippen molar-refractivity contribution in [3.63, 3.8) is 0 Å². The van der Waals surface area contributed by atoms with Crippen molar-refractivity contribution in [2.24, 2.45) is 0 Å². The summed E-state index contributed by atoms with van der Waals surface area (Å²) in [5.74, 6) is 0.560. The first-order valence-corrected chi connectivity index (χ1v) is 9.00. The van der Waals surface area contributed by atoms with Crippen LogP contribution in [-0.4, -0.2) is 45.2 Å². The van der Waals surface area contributed by atoms with Crippen molar-refractivity contribution in [3.8, 4) is 0 Å². The van der Waals surface area contributed by atoms with E-state index in [1.807, 2.05) is 0 Å². The van der Waals surface area contributed by atoms with Crippen LogP contribution in [0.4, 0.5) is 0 Å². The van der Waals surface area contributed by atoms with Gasteiger partial charge in [-0.2, -0.15) is 0 Å². The van der Waals surface area contributed by atoms with Gasteiger partial charge in [0.15, 0.2) is 0 Å². The average Bonchev–Trinajstić information content (AvgIpc) is 2.70. The second kappa shape index (κ2) is 6.24. The van der Waals surface area contributed by atoms with Gasteiger partial charge in [0.1, 0.15) is 0 Å². The van der Waals surface area contributed by atoms with Crippen LogP contribution in [0.15, 0.2) is 24.3 Å². The summed E-state index contributed by atoms with van der Waals surface area (Å²) in [5.41, 5.74) is 2.78. The van der Waals surface area contributed by atoms with Crippen LogP contribution >= 0.6 is 0 Å². The maximum absolute atomic E-state index is 11.1. The van der Waals surface area contributed by atoms with Crippen molar-refractivity contribution >= 4 is 10.0 Å². The molecular formula is C15H24N2O2S. The first kappa shape index (κ1) is 15.5. The maximum Gasteiger partial charge on any atom is 0.208 e. The van der Waals surface area contributed by atoms with E-state index in [4.69, 9.17) is 0 Å². The molecule has 0 saturated carbocycles. The van der Waals surface area contributed by atoms with Gasteiger partial charge in [0.2, 0.25) is 10.0 Å². The largest absolute Gasteiger partial charge is 0.299 e. The Labute approximate surface area is 122 Å². The van der Waals surface area contributed by atoms with Crippen LogP contribution < -0.4 is 4.72 Å². The van der Waals surface area contributed by atoms with Crippen LogP contribution in [-0.2, 0) is 10.0 Å². The zero-order valence-corrected chi connectivity index (χ0v) is 13.3. The summed E-state index contributed by atoms with van der Waals surface area (Å²) in [6.07, 6.45) is 2.35. The molecule has 1 aliphatic heterocycles. The molecule has 5 heteroatoms. The third-order valence-corrected chi connectivity index (χ3v) is 4.82. The number of rotatable bonds is 5. The lowest BCUT2D eigenvalue weighted by Crippen LogP contribution is -2.36. The lowest BCUT2D eigenvalue weighted by atomic mass is 9.93. The molecule has 0 aliphatic carbocycles. The molecule has 0 spiro atoms. The van der Waals surface area contributed by atoms with E-state index in [1.54, 1.807) is 0 Å². The number of likely N-dealkylation sites (tertiary alicyclic amines) is 1. The summed E-state index contributed by atoms with van der Waals surface area (Å²) >= 11 is 0. The summed E-state index contributed by atoms with van der Waals surface area (Å²) in [6.45, 7) is 6.66. The van der Waals surface area contributed by atoms with Gasteiger partial charge in [0.05, 0.1) is 6.26 Å². The van der Waals surface area contributed by atoms with Gasteiger partial charge in [0, 0.05) is 25.7 Å². The molecule has 2 atom stereocenters. The molecule has 0 aromatic heterocycles. The smallest absolute Gasteiger partial charge is 0.208 e. The summed E-state index contributed by atoms with van der Waals surface area (Å²) < 4.78 is 24.7. The first-order valence-electron chi connectivity index (χ1n) is 7.11. The van der Waals surface area contributed by atoms with E-state index in [2.05, 4.69) is 47.7 Å². The Morgan fingerprint density at radius 3 is 2.70 bits per heavy atom. The third-order valence-electron chi connectivity index (χ3n) is 4.10. The van der Waals surface area contributed by atoms with E-state index in [0.29, 0.717) is 18.5 Å². The molecule has 1 heterocycles. The Morgan fingerprint density at radius 2 is 2.05 bits per heavy atom. The van der Waals surface area contributed by atoms with E-state index in [-0.39, 0.29) is 0 Å². The number of hydrogen-bond donors (Lipinski definition) is 1. The highest BCUT2D eigenvalue weighted by Gasteiger charge is 2.30. The van der Waals surface area contributed by atoms with Gasteiger partial charge in [0.25, 0.3) is 0 Å². The van der Waals surface area contributed by atoms with Crippen molar-refractivity contribution < 1.29 is 8.42 Å². The van der Waals surface area contributed by atoms with Gasteiger partial charge in [-0.1, -0.05) is 24.3 Å². The van der Waals surface area contributed by atoms with Gasteiger partial charge in [-0.05, 0) is 37.3 Å². The fraction of sp³-hybridized carbons (Fsp3) is 0.600. The minimum atomic E-state index is -3.08. The van der Waals surface area contributed by atoms with Gasteiger partial charge >= 0.3 is 0 Å². The molecule has 2 unspecified atom stereocenters. The third kappa shape index (κ3) is 4.04. The number of benzene rings is 1. The summed E-state index contributed by atoms with van der Waals surface area (Å²) in [5, 5.41) is 0. The second-order valence-electron chi connectivity index (χ2n) is 5.80. The lowest BCUT2D eigenvalue weighted by Gasteiger charge is -2.20. The summed E-state index contributed by atoms with van der Waals surface area (Å²) in [7, 11) is -3.08. The van der Waals surface area contributed by atoms with Gasteiger partial charge < -0.3 is 0 Å². The predicted molar refractivity (Wildman–Crippen MR) is 82.4 cm³/mol. The molecule has 4 nitrogen and oxygen atoms in total. The fourth-order valence-corrected chi connectivity index (χ4v) is 3.52. The Balaban J connectivity index is 1.94. The van der Waals surface area contributed by atoms with E-state index in [0.717, 1.165) is 19.5 Å². The van der Waals surface area contributed by atoms with Crippen molar-refractivity contribution in [2.75, 3.05) is 25.9 Å². The monoisotopic (exact) mass is 296 g/mol. The number of nitrogens with zero attached hydrogens (tertiary/aromatic N) is 1. The molecule has 1 aromatic rings. The highest BCUT2D eigenvalue weighted by atomic mass is 32.2. The molecule has 1 aromatic carbocycles. The molecular weight excluding hydrogens is 272 g/mol. The minimum Gasteiger partial charge on any atom is -0.299 e. The van der Waals surface area contributed by atoms with Crippen LogP contribution in [0.5, 0.6) is 0 Å². The zero-order chi connectivity index (χ0) is 14.8. The molecule has 0 radical (unpaired) electrons. The van der Waals surface area contributed by atoms with Gasteiger partial charge in [-0.15, -0.1) is 0 Å². The minimum absolute atomic E-state index is 0.490. The molecule has 0 bridgehead atoms. The van der Waals surface area contributed by atoms with Crippen LogP contribution in [0, 0.1) is 6.92 Å². The van der Waals surface area contributed by atoms with E-state index < -0.39 is 10.0 Å². The Hall–Kier alpha value is -0.910. The Morgan fingerprint density at radius 1 is 1.35 bits per heavy atom. The van der Waals surface area contributed by atoms with E-state index in [1.165, 1.54) is 17.4 Å². The number of sulfonamides is 1. The number of aryl methyl sites for hydroxylation is 1. The first-order chi connectivity index (χ1) is 9.37. The topological polar surface area (TPSA) is 49.4 Å². The van der Waals surface area contributed by atoms with Crippen LogP contribution in [0.1, 0.15) is 30.4 Å². The highest BCUT2D eigenvalue weighted by molar-refractivity contribution is 7.88.